The first-order valence-electron chi connectivity index (χ1n) is 11.7. The summed E-state index contributed by atoms with van der Waals surface area (Å²) in [6.07, 6.45) is 0.960. The molecule has 0 aliphatic carbocycles. The van der Waals surface area contributed by atoms with Gasteiger partial charge in [-0.15, -0.1) is 0 Å². The fourth-order valence-electron chi connectivity index (χ4n) is 4.04. The van der Waals surface area contributed by atoms with E-state index in [1.54, 1.807) is 16.7 Å². The van der Waals surface area contributed by atoms with Gasteiger partial charge in [-0.05, 0) is 60.9 Å². The number of amides is 3. The Balaban J connectivity index is 1.49. The number of carbonyl (C=O) groups excluding carboxylic acids is 2. The molecule has 3 aromatic rings. The molecular formula is C28H31N3O3. The maximum absolute atomic E-state index is 13.0. The van der Waals surface area contributed by atoms with E-state index in [0.29, 0.717) is 26.2 Å². The van der Waals surface area contributed by atoms with E-state index in [4.69, 9.17) is 4.74 Å². The van der Waals surface area contributed by atoms with E-state index in [-0.39, 0.29) is 11.9 Å². The fourth-order valence-corrected chi connectivity index (χ4v) is 4.04. The van der Waals surface area contributed by atoms with Gasteiger partial charge >= 0.3 is 6.03 Å². The van der Waals surface area contributed by atoms with Crippen molar-refractivity contribution in [2.24, 2.45) is 0 Å². The van der Waals surface area contributed by atoms with Crippen molar-refractivity contribution in [1.29, 1.82) is 0 Å². The predicted molar refractivity (Wildman–Crippen MR) is 135 cm³/mol. The number of hydrogen-bond acceptors (Lipinski definition) is 3. The molecular weight excluding hydrogens is 426 g/mol. The quantitative estimate of drug-likeness (QED) is 0.547. The van der Waals surface area contributed by atoms with Crippen LogP contribution in [0.2, 0.25) is 0 Å². The molecule has 1 aliphatic rings. The van der Waals surface area contributed by atoms with Gasteiger partial charge in [0.1, 0.15) is 12.4 Å². The lowest BCUT2D eigenvalue weighted by Gasteiger charge is -2.23. The van der Waals surface area contributed by atoms with Gasteiger partial charge in [0, 0.05) is 23.9 Å². The van der Waals surface area contributed by atoms with Gasteiger partial charge in [0.05, 0.1) is 19.6 Å². The Hall–Kier alpha value is -3.80. The van der Waals surface area contributed by atoms with E-state index < -0.39 is 0 Å². The molecule has 3 aromatic carbocycles. The van der Waals surface area contributed by atoms with Crippen molar-refractivity contribution in [3.8, 4) is 5.75 Å². The summed E-state index contributed by atoms with van der Waals surface area (Å²) in [6, 6.07) is 21.6. The molecule has 34 heavy (non-hydrogen) atoms. The molecule has 0 saturated carbocycles. The van der Waals surface area contributed by atoms with Crippen molar-refractivity contribution in [2.75, 3.05) is 23.4 Å². The Morgan fingerprint density at radius 3 is 2.38 bits per heavy atom. The molecule has 0 radical (unpaired) electrons. The minimum Gasteiger partial charge on any atom is -0.491 e. The number of aryl methyl sites for hydroxylation is 2. The Labute approximate surface area is 201 Å². The second-order valence-corrected chi connectivity index (χ2v) is 8.63. The van der Waals surface area contributed by atoms with Gasteiger partial charge in [0.25, 0.3) is 0 Å². The van der Waals surface area contributed by atoms with Crippen molar-refractivity contribution < 1.29 is 14.3 Å². The van der Waals surface area contributed by atoms with Crippen molar-refractivity contribution in [3.63, 3.8) is 0 Å². The number of nitrogens with zero attached hydrogens (tertiary/aromatic N) is 2. The summed E-state index contributed by atoms with van der Waals surface area (Å²) in [5.74, 6) is 0.751. The van der Waals surface area contributed by atoms with Crippen LogP contribution in [0.3, 0.4) is 0 Å². The molecule has 6 nitrogen and oxygen atoms in total. The zero-order valence-electron chi connectivity index (χ0n) is 20.0. The molecule has 6 heteroatoms. The van der Waals surface area contributed by atoms with Crippen LogP contribution in [0.15, 0.2) is 66.7 Å². The van der Waals surface area contributed by atoms with E-state index >= 15 is 0 Å². The Bertz CT molecular complexity index is 1160. The first kappa shape index (κ1) is 23.4. The van der Waals surface area contributed by atoms with E-state index in [0.717, 1.165) is 40.2 Å². The molecule has 1 N–H and O–H groups in total. The molecule has 0 aromatic heterocycles. The Morgan fingerprint density at radius 2 is 1.71 bits per heavy atom. The number of anilines is 2. The molecule has 1 aliphatic heterocycles. The number of rotatable bonds is 5. The lowest BCUT2D eigenvalue weighted by atomic mass is 10.1. The maximum atomic E-state index is 13.0. The van der Waals surface area contributed by atoms with Crippen LogP contribution in [0, 0.1) is 6.92 Å². The van der Waals surface area contributed by atoms with E-state index in [1.165, 1.54) is 5.56 Å². The topological polar surface area (TPSA) is 61.9 Å². The van der Waals surface area contributed by atoms with Crippen LogP contribution in [0.1, 0.15) is 36.1 Å². The van der Waals surface area contributed by atoms with Gasteiger partial charge in [-0.2, -0.15) is 0 Å². The molecule has 0 unspecified atom stereocenters. The maximum Gasteiger partial charge on any atom is 0.322 e. The Morgan fingerprint density at radius 1 is 1.00 bits per heavy atom. The molecule has 4 rings (SSSR count). The smallest absolute Gasteiger partial charge is 0.322 e. The fraction of sp³-hybridized carbons (Fsp3) is 0.286. The van der Waals surface area contributed by atoms with Gasteiger partial charge in [-0.3, -0.25) is 4.79 Å². The number of nitrogens with one attached hydrogen (secondary N) is 1. The standard InChI is InChI=1S/C28H31N3O3/c1-4-22-7-10-25(11-8-22)29-28(33)30-15-16-34-27-14-9-23(17-24(27)19-30)18-31(21(3)32)26-12-5-20(2)6-13-26/h5-14,17H,4,15-16,18-19H2,1-3H3,(H,29,33). The highest BCUT2D eigenvalue weighted by Crippen LogP contribution is 2.27. The minimum absolute atomic E-state index is 0.0230. The average molecular weight is 458 g/mol. The summed E-state index contributed by atoms with van der Waals surface area (Å²) in [5.41, 5.74) is 5.92. The summed E-state index contributed by atoms with van der Waals surface area (Å²) in [5, 5.41) is 2.99. The minimum atomic E-state index is -0.156. The summed E-state index contributed by atoms with van der Waals surface area (Å²) >= 11 is 0. The van der Waals surface area contributed by atoms with Crippen LogP contribution >= 0.6 is 0 Å². The number of fused-ring (bicyclic) bond motifs is 1. The highest BCUT2D eigenvalue weighted by molar-refractivity contribution is 5.91. The largest absolute Gasteiger partial charge is 0.491 e. The number of urea groups is 1. The predicted octanol–water partition coefficient (Wildman–Crippen LogP) is 5.54. The summed E-state index contributed by atoms with van der Waals surface area (Å²) in [4.78, 5) is 28.8. The van der Waals surface area contributed by atoms with Crippen molar-refractivity contribution >= 4 is 23.3 Å². The highest BCUT2D eigenvalue weighted by atomic mass is 16.5. The number of carbonyl (C=O) groups is 2. The van der Waals surface area contributed by atoms with Crippen molar-refractivity contribution in [3.05, 3.63) is 89.0 Å². The monoisotopic (exact) mass is 457 g/mol. The lowest BCUT2D eigenvalue weighted by molar-refractivity contribution is -0.116. The SMILES string of the molecule is CCc1ccc(NC(=O)N2CCOc3ccc(CN(C(C)=O)c4ccc(C)cc4)cc3C2)cc1. The lowest BCUT2D eigenvalue weighted by Crippen LogP contribution is -2.36. The van der Waals surface area contributed by atoms with Crippen LogP contribution in [0.4, 0.5) is 16.2 Å². The third kappa shape index (κ3) is 5.57. The van der Waals surface area contributed by atoms with Crippen LogP contribution < -0.4 is 15.0 Å². The normalized spacial score (nSPS) is 12.9. The van der Waals surface area contributed by atoms with Crippen molar-refractivity contribution in [2.45, 2.75) is 40.3 Å². The van der Waals surface area contributed by atoms with E-state index in [9.17, 15) is 9.59 Å². The second-order valence-electron chi connectivity index (χ2n) is 8.63. The average Bonchev–Trinajstić information content (AvgIpc) is 3.06. The molecule has 176 valence electrons. The van der Waals surface area contributed by atoms with Crippen molar-refractivity contribution in [1.82, 2.24) is 4.90 Å². The van der Waals surface area contributed by atoms with Gasteiger partial charge in [0.15, 0.2) is 0 Å². The molecule has 0 atom stereocenters. The van der Waals surface area contributed by atoms with Crippen LogP contribution in [-0.2, 0) is 24.3 Å². The van der Waals surface area contributed by atoms with Crippen LogP contribution in [0.25, 0.3) is 0 Å². The van der Waals surface area contributed by atoms with Gasteiger partial charge < -0.3 is 19.9 Å². The first-order chi connectivity index (χ1) is 16.4. The van der Waals surface area contributed by atoms with E-state index in [1.807, 2.05) is 73.7 Å². The molecule has 0 bridgehead atoms. The molecule has 0 spiro atoms. The van der Waals surface area contributed by atoms with Crippen LogP contribution in [-0.4, -0.2) is 30.0 Å². The number of benzene rings is 3. The van der Waals surface area contributed by atoms with Crippen LogP contribution in [0.5, 0.6) is 5.75 Å². The highest BCUT2D eigenvalue weighted by Gasteiger charge is 2.21. The number of ether oxygens (including phenoxy) is 1. The summed E-state index contributed by atoms with van der Waals surface area (Å²) in [7, 11) is 0. The second kappa shape index (κ2) is 10.4. The summed E-state index contributed by atoms with van der Waals surface area (Å²) < 4.78 is 5.91. The molecule has 3 amide bonds. The Kier molecular flexibility index (Phi) is 7.16. The van der Waals surface area contributed by atoms with E-state index in [2.05, 4.69) is 12.2 Å². The zero-order valence-corrected chi connectivity index (χ0v) is 20.0. The third-order valence-corrected chi connectivity index (χ3v) is 6.07. The van der Waals surface area contributed by atoms with Gasteiger partial charge in [-0.25, -0.2) is 4.79 Å². The number of hydrogen-bond donors (Lipinski definition) is 1. The zero-order chi connectivity index (χ0) is 24.1. The molecule has 1 heterocycles. The molecule has 0 fully saturated rings. The van der Waals surface area contributed by atoms with Gasteiger partial charge in [-0.1, -0.05) is 42.8 Å². The first-order valence-corrected chi connectivity index (χ1v) is 11.7. The van der Waals surface area contributed by atoms with Gasteiger partial charge in [0.2, 0.25) is 5.91 Å². The third-order valence-electron chi connectivity index (χ3n) is 6.07. The molecule has 0 saturated heterocycles. The summed E-state index contributed by atoms with van der Waals surface area (Å²) in [6.45, 7) is 7.51.